The van der Waals surface area contributed by atoms with Crippen LogP contribution in [0.2, 0.25) is 0 Å². The highest BCUT2D eigenvalue weighted by molar-refractivity contribution is 7.99. The number of nitrogens with zero attached hydrogens (tertiary/aromatic N) is 3. The van der Waals surface area contributed by atoms with Crippen LogP contribution in [0.5, 0.6) is 0 Å². The number of hydrogen-bond acceptors (Lipinski definition) is 6. The molecule has 1 aliphatic rings. The molecule has 37 heavy (non-hydrogen) atoms. The quantitative estimate of drug-likeness (QED) is 0.290. The second-order valence-corrected chi connectivity index (χ2v) is 11.3. The van der Waals surface area contributed by atoms with Crippen LogP contribution in [0.25, 0.3) is 16.9 Å². The molecule has 1 saturated carbocycles. The van der Waals surface area contributed by atoms with E-state index in [-0.39, 0.29) is 11.7 Å². The lowest BCUT2D eigenvalue weighted by Crippen LogP contribution is -2.29. The number of halogens is 1. The first-order valence-corrected chi connectivity index (χ1v) is 13.1. The highest BCUT2D eigenvalue weighted by Gasteiger charge is 2.25. The Bertz CT molecular complexity index is 1490. The van der Waals surface area contributed by atoms with E-state index in [4.69, 9.17) is 5.10 Å². The predicted octanol–water partition coefficient (Wildman–Crippen LogP) is 5.38. The molecule has 2 heterocycles. The van der Waals surface area contributed by atoms with Crippen LogP contribution in [0.1, 0.15) is 48.2 Å². The van der Waals surface area contributed by atoms with E-state index in [0.717, 1.165) is 34.6 Å². The average molecular weight is 520 g/mol. The number of rotatable bonds is 8. The van der Waals surface area contributed by atoms with Crippen LogP contribution in [-0.4, -0.2) is 43.8 Å². The zero-order valence-electron chi connectivity index (χ0n) is 21.3. The van der Waals surface area contributed by atoms with Crippen molar-refractivity contribution < 1.29 is 14.3 Å². The summed E-state index contributed by atoms with van der Waals surface area (Å²) in [6.45, 7) is 7.41. The fourth-order valence-electron chi connectivity index (χ4n) is 3.96. The van der Waals surface area contributed by atoms with Gasteiger partial charge in [0.1, 0.15) is 10.8 Å². The molecule has 0 radical (unpaired) electrons. The number of benzene rings is 2. The first-order valence-electron chi connectivity index (χ1n) is 12.3. The molecule has 0 spiro atoms. The molecule has 1 aliphatic carbocycles. The largest absolute Gasteiger partial charge is 0.389 e. The van der Waals surface area contributed by atoms with Gasteiger partial charge in [-0.25, -0.2) is 13.9 Å². The number of aliphatic hydroxyl groups is 1. The third-order valence-electron chi connectivity index (χ3n) is 6.20. The summed E-state index contributed by atoms with van der Waals surface area (Å²) < 4.78 is 15.9. The van der Waals surface area contributed by atoms with Crippen LogP contribution in [0, 0.1) is 19.7 Å². The van der Waals surface area contributed by atoms with Crippen molar-refractivity contribution in [1.29, 1.82) is 0 Å². The lowest BCUT2D eigenvalue weighted by atomic mass is 10.0. The standard InChI is InChI=1S/C28H30FN5O2S/c1-16-5-9-20(12-22(16)29)37-25-13-23(31-15-28(3,4)36)26-30-14-24(34(26)33-25)18-6-10-21(17(2)11-18)27(35)32-19-7-8-19/h5-6,9-14,19,31,36H,7-8,15H2,1-4H3,(H,32,35). The number of nitrogens with one attached hydrogen (secondary N) is 2. The van der Waals surface area contributed by atoms with Crippen molar-refractivity contribution >= 4 is 29.0 Å². The molecule has 0 bridgehead atoms. The molecule has 0 atom stereocenters. The molecule has 5 rings (SSSR count). The highest BCUT2D eigenvalue weighted by Crippen LogP contribution is 2.33. The van der Waals surface area contributed by atoms with Crippen LogP contribution >= 0.6 is 11.8 Å². The van der Waals surface area contributed by atoms with Gasteiger partial charge in [0.05, 0.1) is 23.2 Å². The molecule has 0 saturated heterocycles. The summed E-state index contributed by atoms with van der Waals surface area (Å²) in [6.07, 6.45) is 3.82. The maximum atomic E-state index is 14.2. The second-order valence-electron chi connectivity index (χ2n) is 10.2. The van der Waals surface area contributed by atoms with Gasteiger partial charge in [0.15, 0.2) is 5.65 Å². The van der Waals surface area contributed by atoms with E-state index < -0.39 is 5.60 Å². The molecule has 1 fully saturated rings. The monoisotopic (exact) mass is 519 g/mol. The molecular formula is C28H30FN5O2S. The first-order chi connectivity index (χ1) is 17.6. The average Bonchev–Trinajstić information content (AvgIpc) is 3.54. The number of aromatic nitrogens is 3. The Balaban J connectivity index is 1.54. The van der Waals surface area contributed by atoms with Crippen molar-refractivity contribution in [2.75, 3.05) is 11.9 Å². The molecule has 192 valence electrons. The number of anilines is 1. The van der Waals surface area contributed by atoms with Crippen molar-refractivity contribution in [2.24, 2.45) is 0 Å². The SMILES string of the molecule is Cc1ccc(Sc2cc(NCC(C)(C)O)c3ncc(-c4ccc(C(=O)NC5CC5)c(C)c4)n3n2)cc1F. The van der Waals surface area contributed by atoms with Gasteiger partial charge in [-0.2, -0.15) is 5.10 Å². The molecule has 4 aromatic rings. The first kappa shape index (κ1) is 25.2. The predicted molar refractivity (Wildman–Crippen MR) is 144 cm³/mol. The molecule has 1 amide bonds. The van der Waals surface area contributed by atoms with Crippen LogP contribution < -0.4 is 10.6 Å². The summed E-state index contributed by atoms with van der Waals surface area (Å²) in [5.74, 6) is -0.319. The number of carbonyl (C=O) groups is 1. The maximum absolute atomic E-state index is 14.2. The van der Waals surface area contributed by atoms with E-state index in [2.05, 4.69) is 15.6 Å². The molecule has 0 aliphatic heterocycles. The lowest BCUT2D eigenvalue weighted by molar-refractivity contribution is 0.0940. The third kappa shape index (κ3) is 5.78. The van der Waals surface area contributed by atoms with Gasteiger partial charge < -0.3 is 15.7 Å². The Kier molecular flexibility index (Phi) is 6.68. The number of carbonyl (C=O) groups excluding carboxylic acids is 1. The Morgan fingerprint density at radius 2 is 1.95 bits per heavy atom. The van der Waals surface area contributed by atoms with E-state index >= 15 is 0 Å². The van der Waals surface area contributed by atoms with Crippen molar-refractivity contribution in [2.45, 2.75) is 62.1 Å². The summed E-state index contributed by atoms with van der Waals surface area (Å²) in [4.78, 5) is 17.9. The fourth-order valence-corrected chi connectivity index (χ4v) is 4.80. The molecule has 2 aromatic heterocycles. The van der Waals surface area contributed by atoms with Crippen molar-refractivity contribution in [1.82, 2.24) is 19.9 Å². The number of hydrogen-bond donors (Lipinski definition) is 3. The smallest absolute Gasteiger partial charge is 0.251 e. The zero-order valence-corrected chi connectivity index (χ0v) is 22.1. The molecule has 7 nitrogen and oxygen atoms in total. The van der Waals surface area contributed by atoms with E-state index in [9.17, 15) is 14.3 Å². The van der Waals surface area contributed by atoms with Gasteiger partial charge in [-0.05, 0) is 82.0 Å². The summed E-state index contributed by atoms with van der Waals surface area (Å²) >= 11 is 1.35. The maximum Gasteiger partial charge on any atom is 0.251 e. The van der Waals surface area contributed by atoms with Crippen molar-refractivity contribution in [3.63, 3.8) is 0 Å². The Morgan fingerprint density at radius 3 is 2.62 bits per heavy atom. The van der Waals surface area contributed by atoms with Gasteiger partial charge in [0, 0.05) is 28.6 Å². The fraction of sp³-hybridized carbons (Fsp3) is 0.321. The van der Waals surface area contributed by atoms with Gasteiger partial charge in [-0.15, -0.1) is 0 Å². The Morgan fingerprint density at radius 1 is 1.16 bits per heavy atom. The molecule has 2 aromatic carbocycles. The van der Waals surface area contributed by atoms with E-state index in [1.165, 1.54) is 17.8 Å². The minimum atomic E-state index is -0.933. The van der Waals surface area contributed by atoms with E-state index in [1.807, 2.05) is 37.3 Å². The van der Waals surface area contributed by atoms with Crippen molar-refractivity contribution in [3.05, 3.63) is 71.2 Å². The highest BCUT2D eigenvalue weighted by atomic mass is 32.2. The zero-order chi connectivity index (χ0) is 26.3. The summed E-state index contributed by atoms with van der Waals surface area (Å²) in [7, 11) is 0. The van der Waals surface area contributed by atoms with E-state index in [1.54, 1.807) is 37.5 Å². The van der Waals surface area contributed by atoms with Gasteiger partial charge in [0.25, 0.3) is 5.91 Å². The number of fused-ring (bicyclic) bond motifs is 1. The van der Waals surface area contributed by atoms with Crippen LogP contribution in [0.15, 0.2) is 58.6 Å². The van der Waals surface area contributed by atoms with Gasteiger partial charge in [-0.1, -0.05) is 23.9 Å². The van der Waals surface area contributed by atoms with Crippen LogP contribution in [0.3, 0.4) is 0 Å². The number of imidazole rings is 1. The van der Waals surface area contributed by atoms with Gasteiger partial charge >= 0.3 is 0 Å². The molecule has 3 N–H and O–H groups in total. The topological polar surface area (TPSA) is 91.5 Å². The molecule has 9 heteroatoms. The number of amides is 1. The summed E-state index contributed by atoms with van der Waals surface area (Å²) in [5.41, 5.74) is 4.11. The molecule has 0 unspecified atom stereocenters. The van der Waals surface area contributed by atoms with Crippen LogP contribution in [-0.2, 0) is 0 Å². The van der Waals surface area contributed by atoms with Crippen LogP contribution in [0.4, 0.5) is 10.1 Å². The summed E-state index contributed by atoms with van der Waals surface area (Å²) in [5, 5.41) is 22.1. The third-order valence-corrected chi connectivity index (χ3v) is 7.10. The lowest BCUT2D eigenvalue weighted by Gasteiger charge is -2.19. The van der Waals surface area contributed by atoms with Gasteiger partial charge in [0.2, 0.25) is 0 Å². The Labute approximate surface area is 219 Å². The minimum Gasteiger partial charge on any atom is -0.389 e. The summed E-state index contributed by atoms with van der Waals surface area (Å²) in [6, 6.07) is 13.0. The normalized spacial score (nSPS) is 13.7. The number of aryl methyl sites for hydroxylation is 2. The second kappa shape index (κ2) is 9.79. The van der Waals surface area contributed by atoms with E-state index in [0.29, 0.717) is 40.1 Å². The molecular weight excluding hydrogens is 489 g/mol. The van der Waals surface area contributed by atoms with Gasteiger partial charge in [-0.3, -0.25) is 4.79 Å². The Hall–Kier alpha value is -3.43. The minimum absolute atomic E-state index is 0.0510. The van der Waals surface area contributed by atoms with Crippen molar-refractivity contribution in [3.8, 4) is 11.3 Å².